The Labute approximate surface area is 162 Å². The van der Waals surface area contributed by atoms with Crippen molar-refractivity contribution < 1.29 is 4.74 Å². The second-order valence-corrected chi connectivity index (χ2v) is 8.19. The van der Waals surface area contributed by atoms with Crippen molar-refractivity contribution in [2.45, 2.75) is 38.1 Å². The summed E-state index contributed by atoms with van der Waals surface area (Å²) < 4.78 is 5.82. The number of rotatable bonds is 7. The molecule has 0 N–H and O–H groups in total. The summed E-state index contributed by atoms with van der Waals surface area (Å²) in [7, 11) is 3.91. The van der Waals surface area contributed by atoms with Crippen LogP contribution in [0.1, 0.15) is 42.7 Å². The van der Waals surface area contributed by atoms with E-state index in [9.17, 15) is 0 Å². The predicted octanol–water partition coefficient (Wildman–Crippen LogP) is 3.71. The lowest BCUT2D eigenvalue weighted by atomic mass is 9.72. The monoisotopic (exact) mass is 366 g/mol. The lowest BCUT2D eigenvalue weighted by Crippen LogP contribution is -2.27. The largest absolute Gasteiger partial charge is 0.476 e. The molecular formula is C22H30N4O. The number of ether oxygens (including phenoxy) is 1. The van der Waals surface area contributed by atoms with Gasteiger partial charge >= 0.3 is 0 Å². The number of hydrogen-bond acceptors (Lipinski definition) is 5. The first-order valence-electron chi connectivity index (χ1n) is 10.1. The van der Waals surface area contributed by atoms with Crippen LogP contribution in [0.3, 0.4) is 0 Å². The zero-order valence-electron chi connectivity index (χ0n) is 16.5. The van der Waals surface area contributed by atoms with Gasteiger partial charge in [-0.2, -0.15) is 0 Å². The summed E-state index contributed by atoms with van der Waals surface area (Å²) in [6, 6.07) is 13.1. The molecule has 1 aromatic carbocycles. The van der Waals surface area contributed by atoms with Crippen molar-refractivity contribution in [3.63, 3.8) is 0 Å². The highest BCUT2D eigenvalue weighted by molar-refractivity contribution is 5.35. The molecule has 1 aromatic heterocycles. The van der Waals surface area contributed by atoms with E-state index in [-0.39, 0.29) is 0 Å². The Kier molecular flexibility index (Phi) is 5.58. The molecule has 27 heavy (non-hydrogen) atoms. The van der Waals surface area contributed by atoms with Crippen molar-refractivity contribution >= 4 is 5.82 Å². The van der Waals surface area contributed by atoms with Gasteiger partial charge in [0.2, 0.25) is 5.88 Å². The fraction of sp³-hybridized carbons (Fsp3) is 0.545. The lowest BCUT2D eigenvalue weighted by molar-refractivity contribution is 0.153. The summed E-state index contributed by atoms with van der Waals surface area (Å²) >= 11 is 0. The van der Waals surface area contributed by atoms with Crippen molar-refractivity contribution in [3.05, 3.63) is 47.5 Å². The number of anilines is 1. The number of aromatic nitrogens is 2. The molecule has 1 saturated carbocycles. The van der Waals surface area contributed by atoms with Gasteiger partial charge in [-0.15, -0.1) is 10.2 Å². The van der Waals surface area contributed by atoms with Gasteiger partial charge in [0.1, 0.15) is 0 Å². The molecule has 0 unspecified atom stereocenters. The first-order valence-corrected chi connectivity index (χ1v) is 10.1. The molecule has 2 heterocycles. The molecular weight excluding hydrogens is 336 g/mol. The summed E-state index contributed by atoms with van der Waals surface area (Å²) in [5, 5.41) is 8.30. The van der Waals surface area contributed by atoms with E-state index in [2.05, 4.69) is 39.4 Å². The van der Waals surface area contributed by atoms with Gasteiger partial charge < -0.3 is 9.64 Å². The maximum absolute atomic E-state index is 5.82. The molecule has 2 aromatic rings. The molecule has 144 valence electrons. The third-order valence-corrected chi connectivity index (χ3v) is 5.84. The Morgan fingerprint density at radius 2 is 1.74 bits per heavy atom. The van der Waals surface area contributed by atoms with E-state index in [4.69, 9.17) is 4.74 Å². The number of nitrogens with zero attached hydrogens (tertiary/aromatic N) is 4. The summed E-state index contributed by atoms with van der Waals surface area (Å²) in [4.78, 5) is 4.49. The topological polar surface area (TPSA) is 41.5 Å². The summed E-state index contributed by atoms with van der Waals surface area (Å²) in [5.74, 6) is 2.77. The third-order valence-electron chi connectivity index (χ3n) is 5.84. The van der Waals surface area contributed by atoms with Gasteiger partial charge in [-0.3, -0.25) is 4.90 Å². The van der Waals surface area contributed by atoms with Crippen LogP contribution in [0.4, 0.5) is 5.82 Å². The van der Waals surface area contributed by atoms with Gasteiger partial charge in [0.15, 0.2) is 5.82 Å². The highest BCUT2D eigenvalue weighted by Gasteiger charge is 2.30. The third kappa shape index (κ3) is 4.59. The van der Waals surface area contributed by atoms with Crippen LogP contribution in [0.15, 0.2) is 36.4 Å². The minimum Gasteiger partial charge on any atom is -0.476 e. The molecule has 2 fully saturated rings. The first kappa shape index (κ1) is 18.2. The Morgan fingerprint density at radius 3 is 2.37 bits per heavy atom. The van der Waals surface area contributed by atoms with Gasteiger partial charge in [-0.05, 0) is 67.8 Å². The van der Waals surface area contributed by atoms with E-state index in [1.807, 2.05) is 31.1 Å². The highest BCUT2D eigenvalue weighted by atomic mass is 16.5. The smallest absolute Gasteiger partial charge is 0.233 e. The molecule has 1 aliphatic heterocycles. The lowest BCUT2D eigenvalue weighted by Gasteiger charge is -2.35. The molecule has 0 spiro atoms. The van der Waals surface area contributed by atoms with Gasteiger partial charge in [-0.1, -0.05) is 24.3 Å². The van der Waals surface area contributed by atoms with Crippen LogP contribution in [0.5, 0.6) is 5.88 Å². The molecule has 0 amide bonds. The SMILES string of the molecule is CN(C)c1ccc(OC[C@H]2C[C@@H](c3ccc(CN4CCCC4)cc3)C2)nn1. The van der Waals surface area contributed by atoms with Crippen molar-refractivity contribution in [2.75, 3.05) is 38.7 Å². The molecule has 1 saturated heterocycles. The Bertz CT molecular complexity index is 717. The molecule has 4 rings (SSSR count). The molecule has 0 atom stereocenters. The van der Waals surface area contributed by atoms with Crippen molar-refractivity contribution in [1.29, 1.82) is 0 Å². The Morgan fingerprint density at radius 1 is 1.00 bits per heavy atom. The van der Waals surface area contributed by atoms with E-state index in [0.29, 0.717) is 17.7 Å². The van der Waals surface area contributed by atoms with Crippen LogP contribution >= 0.6 is 0 Å². The van der Waals surface area contributed by atoms with E-state index in [1.165, 1.54) is 49.9 Å². The van der Waals surface area contributed by atoms with E-state index in [1.54, 1.807) is 0 Å². The zero-order valence-corrected chi connectivity index (χ0v) is 16.5. The zero-order chi connectivity index (χ0) is 18.6. The van der Waals surface area contributed by atoms with Crippen molar-refractivity contribution in [3.8, 4) is 5.88 Å². The fourth-order valence-electron chi connectivity index (χ4n) is 4.07. The molecule has 5 heteroatoms. The van der Waals surface area contributed by atoms with Crippen molar-refractivity contribution in [2.24, 2.45) is 5.92 Å². The average Bonchev–Trinajstić information content (AvgIpc) is 3.15. The Hall–Kier alpha value is -2.14. The van der Waals surface area contributed by atoms with Gasteiger partial charge in [-0.25, -0.2) is 0 Å². The van der Waals surface area contributed by atoms with Crippen LogP contribution in [-0.4, -0.2) is 48.9 Å². The van der Waals surface area contributed by atoms with Gasteiger partial charge in [0.05, 0.1) is 6.61 Å². The van der Waals surface area contributed by atoms with Crippen LogP contribution in [-0.2, 0) is 6.54 Å². The second-order valence-electron chi connectivity index (χ2n) is 8.19. The quantitative estimate of drug-likeness (QED) is 0.747. The van der Waals surface area contributed by atoms with E-state index in [0.717, 1.165) is 19.0 Å². The normalized spacial score (nSPS) is 22.4. The van der Waals surface area contributed by atoms with Crippen LogP contribution in [0, 0.1) is 5.92 Å². The average molecular weight is 367 g/mol. The minimum atomic E-state index is 0.620. The van der Waals surface area contributed by atoms with E-state index < -0.39 is 0 Å². The second kappa shape index (κ2) is 8.26. The standard InChI is InChI=1S/C22H30N4O/c1-25(2)21-9-10-22(24-23-21)27-16-18-13-20(14-18)19-7-5-17(6-8-19)15-26-11-3-4-12-26/h5-10,18,20H,3-4,11-16H2,1-2H3/t18-,20+. The van der Waals surface area contributed by atoms with Crippen LogP contribution < -0.4 is 9.64 Å². The molecule has 5 nitrogen and oxygen atoms in total. The highest BCUT2D eigenvalue weighted by Crippen LogP contribution is 2.41. The number of hydrogen-bond donors (Lipinski definition) is 0. The molecule has 0 bridgehead atoms. The number of benzene rings is 1. The van der Waals surface area contributed by atoms with E-state index >= 15 is 0 Å². The van der Waals surface area contributed by atoms with Crippen LogP contribution in [0.25, 0.3) is 0 Å². The molecule has 0 radical (unpaired) electrons. The minimum absolute atomic E-state index is 0.620. The number of likely N-dealkylation sites (tertiary alicyclic amines) is 1. The summed E-state index contributed by atoms with van der Waals surface area (Å²) in [6.07, 6.45) is 5.12. The molecule has 2 aliphatic rings. The van der Waals surface area contributed by atoms with Crippen molar-refractivity contribution in [1.82, 2.24) is 15.1 Å². The van der Waals surface area contributed by atoms with Crippen LogP contribution in [0.2, 0.25) is 0 Å². The van der Waals surface area contributed by atoms with Gasteiger partial charge in [0, 0.05) is 26.7 Å². The summed E-state index contributed by atoms with van der Waals surface area (Å²) in [5.41, 5.74) is 2.92. The fourth-order valence-corrected chi connectivity index (χ4v) is 4.07. The summed E-state index contributed by atoms with van der Waals surface area (Å²) in [6.45, 7) is 4.36. The Balaban J connectivity index is 1.21. The molecule has 1 aliphatic carbocycles. The maximum Gasteiger partial charge on any atom is 0.233 e. The predicted molar refractivity (Wildman–Crippen MR) is 108 cm³/mol. The van der Waals surface area contributed by atoms with Gasteiger partial charge in [0.25, 0.3) is 0 Å². The maximum atomic E-state index is 5.82. The first-order chi connectivity index (χ1) is 13.2.